The fraction of sp³-hybridized carbons (Fsp3) is 0.429. The second kappa shape index (κ2) is 5.62. The number of hydrogen-bond donors (Lipinski definition) is 0. The highest BCUT2D eigenvalue weighted by Gasteiger charge is 2.17. The first kappa shape index (κ1) is 13.4. The third-order valence-electron chi connectivity index (χ3n) is 2.49. The van der Waals surface area contributed by atoms with Crippen LogP contribution in [0.2, 0.25) is 0 Å². The minimum atomic E-state index is -0.0273. The zero-order chi connectivity index (χ0) is 13.0. The zero-order valence-corrected chi connectivity index (χ0v) is 10.7. The molecule has 0 amide bonds. The molecule has 3 heteroatoms. The molecule has 0 heterocycles. The fourth-order valence-electron chi connectivity index (χ4n) is 1.65. The number of hydrogen-bond acceptors (Lipinski definition) is 3. The lowest BCUT2D eigenvalue weighted by molar-refractivity contribution is -0.119. The molecule has 0 aromatic heterocycles. The van der Waals surface area contributed by atoms with Gasteiger partial charge in [-0.2, -0.15) is 0 Å². The number of ether oxygens (including phenoxy) is 1. The van der Waals surface area contributed by atoms with Crippen LogP contribution in [-0.2, 0) is 14.3 Å². The molecule has 0 bridgehead atoms. The van der Waals surface area contributed by atoms with Gasteiger partial charge in [-0.25, -0.2) is 0 Å². The normalized spacial score (nSPS) is 18.2. The summed E-state index contributed by atoms with van der Waals surface area (Å²) < 4.78 is 5.16. The van der Waals surface area contributed by atoms with Crippen molar-refractivity contribution in [3.05, 3.63) is 35.1 Å². The van der Waals surface area contributed by atoms with Gasteiger partial charge in [-0.1, -0.05) is 13.8 Å². The average Bonchev–Trinajstić information content (AvgIpc) is 2.23. The maximum atomic E-state index is 11.9. The van der Waals surface area contributed by atoms with E-state index >= 15 is 0 Å². The lowest BCUT2D eigenvalue weighted by atomic mass is 9.97. The Labute approximate surface area is 102 Å². The van der Waals surface area contributed by atoms with Crippen LogP contribution in [0.4, 0.5) is 0 Å². The quantitative estimate of drug-likeness (QED) is 0.554. The van der Waals surface area contributed by atoms with Gasteiger partial charge >= 0.3 is 0 Å². The summed E-state index contributed by atoms with van der Waals surface area (Å²) >= 11 is 0. The topological polar surface area (TPSA) is 43.4 Å². The van der Waals surface area contributed by atoms with Crippen molar-refractivity contribution < 1.29 is 14.3 Å². The minimum Gasteiger partial charge on any atom is -0.492 e. The van der Waals surface area contributed by atoms with Gasteiger partial charge in [0.05, 0.1) is 7.11 Å². The van der Waals surface area contributed by atoms with Crippen LogP contribution < -0.4 is 0 Å². The maximum Gasteiger partial charge on any atom is 0.198 e. The van der Waals surface area contributed by atoms with E-state index in [1.807, 2.05) is 13.8 Å². The van der Waals surface area contributed by atoms with Crippen molar-refractivity contribution in [3.63, 3.8) is 0 Å². The van der Waals surface area contributed by atoms with Gasteiger partial charge in [-0.05, 0) is 36.6 Å². The van der Waals surface area contributed by atoms with Gasteiger partial charge in [0, 0.05) is 12.0 Å². The summed E-state index contributed by atoms with van der Waals surface area (Å²) in [5.41, 5.74) is 1.30. The van der Waals surface area contributed by atoms with Gasteiger partial charge in [0.1, 0.15) is 0 Å². The molecule has 0 saturated carbocycles. The Hall–Kier alpha value is -1.64. The molecule has 0 aliphatic heterocycles. The van der Waals surface area contributed by atoms with Crippen LogP contribution in [0.15, 0.2) is 35.1 Å². The Balaban J connectivity index is 3.04. The molecule has 0 aromatic carbocycles. The number of carbonyl (C=O) groups is 2. The molecule has 17 heavy (non-hydrogen) atoms. The van der Waals surface area contributed by atoms with Crippen molar-refractivity contribution in [1.82, 2.24) is 0 Å². The van der Waals surface area contributed by atoms with E-state index in [-0.39, 0.29) is 17.5 Å². The Bertz CT molecular complexity index is 423. The van der Waals surface area contributed by atoms with E-state index in [0.29, 0.717) is 23.3 Å². The van der Waals surface area contributed by atoms with Crippen LogP contribution in [0.3, 0.4) is 0 Å². The van der Waals surface area contributed by atoms with E-state index in [1.165, 1.54) is 13.2 Å². The number of rotatable bonds is 4. The minimum absolute atomic E-state index is 0.0273. The summed E-state index contributed by atoms with van der Waals surface area (Å²) in [4.78, 5) is 23.2. The van der Waals surface area contributed by atoms with E-state index in [2.05, 4.69) is 0 Å². The van der Waals surface area contributed by atoms with Crippen molar-refractivity contribution in [2.24, 2.45) is 5.92 Å². The number of allylic oxidation sites excluding steroid dienone is 6. The Morgan fingerprint density at radius 3 is 2.47 bits per heavy atom. The third kappa shape index (κ3) is 3.41. The summed E-state index contributed by atoms with van der Waals surface area (Å²) in [7, 11) is 1.48. The molecule has 1 aliphatic carbocycles. The molecule has 1 rings (SSSR count). The average molecular weight is 234 g/mol. The Morgan fingerprint density at radius 1 is 1.35 bits per heavy atom. The molecule has 0 unspecified atom stereocenters. The first-order chi connectivity index (χ1) is 7.95. The molecule has 0 saturated heterocycles. The van der Waals surface area contributed by atoms with Gasteiger partial charge in [0.25, 0.3) is 0 Å². The fourth-order valence-corrected chi connectivity index (χ4v) is 1.65. The van der Waals surface area contributed by atoms with E-state index < -0.39 is 0 Å². The van der Waals surface area contributed by atoms with Gasteiger partial charge in [0.15, 0.2) is 17.3 Å². The molecule has 0 aromatic rings. The Morgan fingerprint density at radius 2 is 2.00 bits per heavy atom. The Kier molecular flexibility index (Phi) is 4.44. The van der Waals surface area contributed by atoms with Crippen molar-refractivity contribution in [3.8, 4) is 0 Å². The number of Topliss-reactive ketones (excluding diaryl/α,β-unsaturated/α-hetero) is 1. The van der Waals surface area contributed by atoms with Crippen molar-refractivity contribution in [2.75, 3.05) is 7.11 Å². The predicted octanol–water partition coefficient (Wildman–Crippen LogP) is 2.59. The van der Waals surface area contributed by atoms with Crippen molar-refractivity contribution in [1.29, 1.82) is 0 Å². The molecule has 0 radical (unpaired) electrons. The van der Waals surface area contributed by atoms with Gasteiger partial charge in [-0.15, -0.1) is 0 Å². The summed E-state index contributed by atoms with van der Waals surface area (Å²) in [5.74, 6) is 0.565. The van der Waals surface area contributed by atoms with Crippen LogP contribution in [0.25, 0.3) is 0 Å². The lowest BCUT2D eigenvalue weighted by Gasteiger charge is -2.12. The van der Waals surface area contributed by atoms with Crippen LogP contribution >= 0.6 is 0 Å². The van der Waals surface area contributed by atoms with Crippen LogP contribution in [0.1, 0.15) is 27.2 Å². The summed E-state index contributed by atoms with van der Waals surface area (Å²) in [6.45, 7) is 5.69. The van der Waals surface area contributed by atoms with E-state index in [0.717, 1.165) is 0 Å². The molecule has 0 N–H and O–H groups in total. The second-order valence-electron chi connectivity index (χ2n) is 4.53. The first-order valence-electron chi connectivity index (χ1n) is 5.68. The maximum absolute atomic E-state index is 11.9. The molecule has 1 aliphatic rings. The zero-order valence-electron chi connectivity index (χ0n) is 10.7. The molecule has 0 spiro atoms. The van der Waals surface area contributed by atoms with Crippen LogP contribution in [-0.4, -0.2) is 18.7 Å². The van der Waals surface area contributed by atoms with Crippen LogP contribution in [0.5, 0.6) is 0 Å². The molecule has 0 atom stereocenters. The van der Waals surface area contributed by atoms with Crippen LogP contribution in [0, 0.1) is 5.92 Å². The third-order valence-corrected chi connectivity index (χ3v) is 2.49. The second-order valence-corrected chi connectivity index (χ2v) is 4.53. The predicted molar refractivity (Wildman–Crippen MR) is 66.4 cm³/mol. The SMILES string of the molecule is CO/C(C(=O)CC(C)C)=C1/C=CC(=O)C(C)=C1. The van der Waals surface area contributed by atoms with Crippen molar-refractivity contribution in [2.45, 2.75) is 27.2 Å². The molecular weight excluding hydrogens is 216 g/mol. The van der Waals surface area contributed by atoms with Gasteiger partial charge < -0.3 is 4.74 Å². The molecule has 0 fully saturated rings. The van der Waals surface area contributed by atoms with Gasteiger partial charge in [-0.3, -0.25) is 9.59 Å². The molecular formula is C14H18O3. The standard InChI is InChI=1S/C14H18O3/c1-9(2)7-13(16)14(17-4)11-5-6-12(15)10(3)8-11/h5-6,8-9H,7H2,1-4H3/b14-11-. The van der Waals surface area contributed by atoms with Gasteiger partial charge in [0.2, 0.25) is 0 Å². The highest BCUT2D eigenvalue weighted by Crippen LogP contribution is 2.19. The monoisotopic (exact) mass is 234 g/mol. The number of methoxy groups -OCH3 is 1. The van der Waals surface area contributed by atoms with E-state index in [4.69, 9.17) is 4.74 Å². The highest BCUT2D eigenvalue weighted by atomic mass is 16.5. The largest absolute Gasteiger partial charge is 0.492 e. The van der Waals surface area contributed by atoms with E-state index in [9.17, 15) is 9.59 Å². The lowest BCUT2D eigenvalue weighted by Crippen LogP contribution is -2.11. The smallest absolute Gasteiger partial charge is 0.198 e. The first-order valence-corrected chi connectivity index (χ1v) is 5.68. The van der Waals surface area contributed by atoms with E-state index in [1.54, 1.807) is 19.1 Å². The summed E-state index contributed by atoms with van der Waals surface area (Å²) in [6, 6.07) is 0. The molecule has 3 nitrogen and oxygen atoms in total. The summed E-state index contributed by atoms with van der Waals surface area (Å²) in [5, 5.41) is 0. The summed E-state index contributed by atoms with van der Waals surface area (Å²) in [6.07, 6.45) is 5.24. The number of carbonyl (C=O) groups excluding carboxylic acids is 2. The van der Waals surface area contributed by atoms with Crippen molar-refractivity contribution >= 4 is 11.6 Å². The highest BCUT2D eigenvalue weighted by molar-refractivity contribution is 6.06. The number of ketones is 2. The molecule has 92 valence electrons.